The molecule has 0 aromatic carbocycles. The van der Waals surface area contributed by atoms with Gasteiger partial charge < -0.3 is 0 Å². The molecule has 20 heteroatoms. The van der Waals surface area contributed by atoms with Gasteiger partial charge >= 0.3 is 31.3 Å². The molecule has 1 spiro atoms. The topological polar surface area (TPSA) is 179 Å². The van der Waals surface area contributed by atoms with E-state index in [0.717, 1.165) is 0 Å². The maximum atomic E-state index is 12.9. The van der Waals surface area contributed by atoms with Crippen LogP contribution in [0.4, 0.5) is 0 Å². The summed E-state index contributed by atoms with van der Waals surface area (Å²) < 4.78 is 112. The molecule has 0 saturated carbocycles. The minimum atomic E-state index is -3.92. The van der Waals surface area contributed by atoms with Crippen LogP contribution in [0, 0.1) is 16.2 Å². The maximum absolute atomic E-state index is 12.9. The summed E-state index contributed by atoms with van der Waals surface area (Å²) in [6, 6.07) is 0. The summed E-state index contributed by atoms with van der Waals surface area (Å²) in [4.78, 5) is 0. The number of phosphoric acid groups is 4. The molecule has 16 nitrogen and oxygen atoms in total. The van der Waals surface area contributed by atoms with Gasteiger partial charge in [0.05, 0.1) is 95.5 Å². The highest BCUT2D eigenvalue weighted by Crippen LogP contribution is 2.64. The van der Waals surface area contributed by atoms with E-state index in [-0.39, 0.29) is 79.3 Å². The van der Waals surface area contributed by atoms with Crippen LogP contribution in [0.2, 0.25) is 0 Å². The number of fused-ring (bicyclic) bond motifs is 6. The van der Waals surface area contributed by atoms with Gasteiger partial charge in [0.1, 0.15) is 0 Å². The summed E-state index contributed by atoms with van der Waals surface area (Å²) in [5.41, 5.74) is -2.43. The lowest BCUT2D eigenvalue weighted by atomic mass is 9.93. The highest BCUT2D eigenvalue weighted by molar-refractivity contribution is 7.49. The molecule has 8 rings (SSSR count). The Morgan fingerprint density at radius 1 is 0.457 bits per heavy atom. The molecule has 200 valence electrons. The van der Waals surface area contributed by atoms with Gasteiger partial charge in [-0.1, -0.05) is 0 Å². The first-order valence-corrected chi connectivity index (χ1v) is 16.5. The molecule has 0 amide bonds. The van der Waals surface area contributed by atoms with Crippen molar-refractivity contribution in [3.63, 3.8) is 0 Å². The minimum absolute atomic E-state index is 0.0656. The predicted molar refractivity (Wildman–Crippen MR) is 109 cm³/mol. The van der Waals surface area contributed by atoms with Crippen molar-refractivity contribution >= 4 is 31.3 Å². The van der Waals surface area contributed by atoms with Gasteiger partial charge in [0.25, 0.3) is 0 Å². The van der Waals surface area contributed by atoms with E-state index in [1.165, 1.54) is 0 Å². The molecular formula is C15H24O16P4. The highest BCUT2D eigenvalue weighted by Gasteiger charge is 2.55. The van der Waals surface area contributed by atoms with Gasteiger partial charge in [-0.2, -0.15) is 0 Å². The van der Waals surface area contributed by atoms with Crippen molar-refractivity contribution in [3.05, 3.63) is 0 Å². The summed E-state index contributed by atoms with van der Waals surface area (Å²) >= 11 is 0. The molecule has 0 unspecified atom stereocenters. The van der Waals surface area contributed by atoms with Crippen molar-refractivity contribution < 1.29 is 72.5 Å². The molecule has 4 bridgehead atoms. The van der Waals surface area contributed by atoms with Crippen LogP contribution in [0.25, 0.3) is 0 Å². The zero-order valence-electron chi connectivity index (χ0n) is 18.3. The van der Waals surface area contributed by atoms with E-state index in [4.69, 9.17) is 54.3 Å². The first-order chi connectivity index (χ1) is 16.5. The quantitative estimate of drug-likeness (QED) is 0.416. The lowest BCUT2D eigenvalue weighted by Crippen LogP contribution is -2.49. The van der Waals surface area contributed by atoms with Crippen molar-refractivity contribution in [1.29, 1.82) is 0 Å². The first kappa shape index (κ1) is 25.7. The Morgan fingerprint density at radius 2 is 0.743 bits per heavy atom. The fourth-order valence-electron chi connectivity index (χ4n) is 3.79. The molecule has 8 fully saturated rings. The van der Waals surface area contributed by atoms with E-state index in [9.17, 15) is 18.3 Å². The van der Waals surface area contributed by atoms with Crippen molar-refractivity contribution in [2.24, 2.45) is 16.2 Å². The Bertz CT molecular complexity index is 889. The largest absolute Gasteiger partial charge is 0.474 e. The molecule has 8 heterocycles. The summed E-state index contributed by atoms with van der Waals surface area (Å²) in [5.74, 6) is 0. The predicted octanol–water partition coefficient (Wildman–Crippen LogP) is 2.66. The van der Waals surface area contributed by atoms with Gasteiger partial charge in [0.15, 0.2) is 0 Å². The van der Waals surface area contributed by atoms with E-state index in [1.807, 2.05) is 0 Å². The van der Waals surface area contributed by atoms with E-state index in [0.29, 0.717) is 0 Å². The fraction of sp³-hybridized carbons (Fsp3) is 1.00. The molecule has 35 heavy (non-hydrogen) atoms. The first-order valence-electron chi connectivity index (χ1n) is 10.6. The summed E-state index contributed by atoms with van der Waals surface area (Å²) in [6.07, 6.45) is 0. The minimum Gasteiger partial charge on any atom is -0.286 e. The Hall–Kier alpha value is 0.440. The van der Waals surface area contributed by atoms with Crippen LogP contribution in [0.1, 0.15) is 0 Å². The van der Waals surface area contributed by atoms with Crippen molar-refractivity contribution in [2.45, 2.75) is 0 Å². The second-order valence-corrected chi connectivity index (χ2v) is 16.2. The van der Waals surface area contributed by atoms with Crippen LogP contribution >= 0.6 is 31.3 Å². The van der Waals surface area contributed by atoms with Gasteiger partial charge in [0.2, 0.25) is 0 Å². The molecule has 8 aliphatic heterocycles. The second kappa shape index (κ2) is 8.72. The van der Waals surface area contributed by atoms with Gasteiger partial charge in [0, 0.05) is 0 Å². The van der Waals surface area contributed by atoms with E-state index in [1.54, 1.807) is 0 Å². The number of hydrogen-bond donors (Lipinski definition) is 0. The van der Waals surface area contributed by atoms with E-state index >= 15 is 0 Å². The molecule has 0 aromatic heterocycles. The van der Waals surface area contributed by atoms with Crippen molar-refractivity contribution in [2.75, 3.05) is 79.3 Å². The molecule has 8 aliphatic rings. The standard InChI is InChI=1S/C15H24O16P4/c16-32(24-5-14-7-26-34(18,27-8-14)28-9-14)20-1-13(2-21-32)3-22-33(17,23-4-13)25-6-15-10-29-35(19,30-11-15)31-12-15/h1-12H2. The molecule has 0 aliphatic carbocycles. The van der Waals surface area contributed by atoms with Gasteiger partial charge in [-0.15, -0.1) is 0 Å². The van der Waals surface area contributed by atoms with Crippen LogP contribution in [-0.4, -0.2) is 79.3 Å². The van der Waals surface area contributed by atoms with E-state index < -0.39 is 47.5 Å². The monoisotopic (exact) mass is 584 g/mol. The van der Waals surface area contributed by atoms with Gasteiger partial charge in [-0.25, -0.2) is 18.3 Å². The Morgan fingerprint density at radius 3 is 1.03 bits per heavy atom. The number of hydrogen-bond acceptors (Lipinski definition) is 16. The molecular weight excluding hydrogens is 560 g/mol. The van der Waals surface area contributed by atoms with Gasteiger partial charge in [-0.05, 0) is 0 Å². The summed E-state index contributed by atoms with van der Waals surface area (Å²) in [5, 5.41) is 0. The van der Waals surface area contributed by atoms with Crippen LogP contribution in [0.5, 0.6) is 0 Å². The Kier molecular flexibility index (Phi) is 6.41. The van der Waals surface area contributed by atoms with Crippen LogP contribution in [-0.2, 0) is 72.5 Å². The van der Waals surface area contributed by atoms with Crippen LogP contribution < -0.4 is 0 Å². The zero-order chi connectivity index (χ0) is 24.5. The van der Waals surface area contributed by atoms with E-state index in [2.05, 4.69) is 0 Å². The Labute approximate surface area is 199 Å². The smallest absolute Gasteiger partial charge is 0.286 e. The number of phosphoric ester groups is 4. The van der Waals surface area contributed by atoms with Gasteiger partial charge in [-0.3, -0.25) is 54.3 Å². The Balaban J connectivity index is 0.979. The number of rotatable bonds is 6. The van der Waals surface area contributed by atoms with Crippen molar-refractivity contribution in [1.82, 2.24) is 0 Å². The molecule has 0 radical (unpaired) electrons. The molecule has 0 aromatic rings. The molecule has 8 saturated heterocycles. The third-order valence-corrected chi connectivity index (χ3v) is 11.7. The molecule has 0 atom stereocenters. The normalized spacial score (nSPS) is 53.7. The maximum Gasteiger partial charge on any atom is 0.474 e. The average Bonchev–Trinajstić information content (AvgIpc) is 2.88. The third-order valence-electron chi connectivity index (χ3n) is 6.35. The lowest BCUT2D eigenvalue weighted by molar-refractivity contribution is -0.131. The SMILES string of the molecule is O=P1(OCC23COP(=O)(OC2)OC3)OCC2(CO1)COP(=O)(OCC13COP(=O)(OC1)OC3)OC2. The van der Waals surface area contributed by atoms with Crippen LogP contribution in [0.3, 0.4) is 0 Å². The highest BCUT2D eigenvalue weighted by atomic mass is 31.2. The fourth-order valence-corrected chi connectivity index (χ4v) is 9.87. The summed E-state index contributed by atoms with van der Waals surface area (Å²) in [6.45, 7) is -0.279. The van der Waals surface area contributed by atoms with Crippen LogP contribution in [0.15, 0.2) is 0 Å². The second-order valence-electron chi connectivity index (χ2n) is 9.57. The zero-order valence-corrected chi connectivity index (χ0v) is 21.9. The summed E-state index contributed by atoms with van der Waals surface area (Å²) in [7, 11) is -14.8. The van der Waals surface area contributed by atoms with Crippen molar-refractivity contribution in [3.8, 4) is 0 Å². The molecule has 0 N–H and O–H groups in total. The lowest BCUT2D eigenvalue weighted by Gasteiger charge is -2.45. The average molecular weight is 584 g/mol. The third kappa shape index (κ3) is 5.08.